The first-order chi connectivity index (χ1) is 11.8. The molecule has 3 rings (SSSR count). The fourth-order valence-corrected chi connectivity index (χ4v) is 2.33. The van der Waals surface area contributed by atoms with Crippen LogP contribution in [0.4, 0.5) is 5.69 Å². The Kier molecular flexibility index (Phi) is 4.82. The van der Waals surface area contributed by atoms with Crippen LogP contribution in [-0.2, 0) is 0 Å². The zero-order valence-electron chi connectivity index (χ0n) is 13.3. The van der Waals surface area contributed by atoms with Crippen LogP contribution in [0.2, 0.25) is 0 Å². The lowest BCUT2D eigenvalue weighted by atomic mass is 10.0. The number of aliphatic imine (C=N–C) groups is 1. The molecule has 0 atom stereocenters. The van der Waals surface area contributed by atoms with Crippen molar-refractivity contribution in [2.75, 3.05) is 7.11 Å². The maximum Gasteiger partial charge on any atom is 0.193 e. The molecule has 118 valence electrons. The third-order valence-electron chi connectivity index (χ3n) is 3.62. The predicted molar refractivity (Wildman–Crippen MR) is 96.6 cm³/mol. The lowest BCUT2D eigenvalue weighted by molar-refractivity contribution is 0.103. The Morgan fingerprint density at radius 1 is 0.875 bits per heavy atom. The molecule has 0 aliphatic rings. The van der Waals surface area contributed by atoms with Crippen molar-refractivity contribution in [1.29, 1.82) is 0 Å². The third kappa shape index (κ3) is 3.76. The normalized spacial score (nSPS) is 10.7. The van der Waals surface area contributed by atoms with Gasteiger partial charge in [-0.05, 0) is 42.0 Å². The summed E-state index contributed by atoms with van der Waals surface area (Å²) in [6.45, 7) is 0. The van der Waals surface area contributed by atoms with Crippen molar-refractivity contribution < 1.29 is 9.53 Å². The maximum absolute atomic E-state index is 12.4. The molecule has 0 saturated heterocycles. The predicted octanol–water partition coefficient (Wildman–Crippen LogP) is 4.68. The van der Waals surface area contributed by atoms with Gasteiger partial charge in [0.1, 0.15) is 5.75 Å². The highest BCUT2D eigenvalue weighted by atomic mass is 16.5. The lowest BCUT2D eigenvalue weighted by Crippen LogP contribution is -2.00. The van der Waals surface area contributed by atoms with Gasteiger partial charge in [-0.2, -0.15) is 0 Å². The largest absolute Gasteiger partial charge is 0.497 e. The highest BCUT2D eigenvalue weighted by Crippen LogP contribution is 2.17. The van der Waals surface area contributed by atoms with Gasteiger partial charge < -0.3 is 4.74 Å². The van der Waals surface area contributed by atoms with Gasteiger partial charge in [-0.1, -0.05) is 42.5 Å². The van der Waals surface area contributed by atoms with Crippen molar-refractivity contribution in [3.05, 3.63) is 95.6 Å². The van der Waals surface area contributed by atoms with Gasteiger partial charge in [-0.25, -0.2) is 0 Å². The summed E-state index contributed by atoms with van der Waals surface area (Å²) in [7, 11) is 1.64. The number of nitrogens with zero attached hydrogens (tertiary/aromatic N) is 1. The second-order valence-electron chi connectivity index (χ2n) is 5.28. The lowest BCUT2D eigenvalue weighted by Gasteiger charge is -2.02. The van der Waals surface area contributed by atoms with Crippen LogP contribution < -0.4 is 4.74 Å². The molecule has 0 N–H and O–H groups in total. The first kappa shape index (κ1) is 15.7. The van der Waals surface area contributed by atoms with Gasteiger partial charge in [0.05, 0.1) is 12.8 Å². The van der Waals surface area contributed by atoms with E-state index in [1.165, 1.54) is 0 Å². The van der Waals surface area contributed by atoms with Crippen molar-refractivity contribution in [3.8, 4) is 5.75 Å². The fraction of sp³-hybridized carbons (Fsp3) is 0.0476. The number of methoxy groups -OCH3 is 1. The SMILES string of the molecule is COc1cccc(C=Nc2ccc(C(=O)c3ccccc3)cc2)c1. The van der Waals surface area contributed by atoms with E-state index in [0.29, 0.717) is 11.1 Å². The number of rotatable bonds is 5. The van der Waals surface area contributed by atoms with Gasteiger partial charge in [0.25, 0.3) is 0 Å². The summed E-state index contributed by atoms with van der Waals surface area (Å²) in [4.78, 5) is 16.8. The minimum atomic E-state index is 0.0129. The van der Waals surface area contributed by atoms with Gasteiger partial charge in [-0.3, -0.25) is 9.79 Å². The first-order valence-corrected chi connectivity index (χ1v) is 7.64. The molecule has 0 bridgehead atoms. The van der Waals surface area contributed by atoms with Gasteiger partial charge in [0.2, 0.25) is 0 Å². The molecule has 3 nitrogen and oxygen atoms in total. The van der Waals surface area contributed by atoms with E-state index in [1.807, 2.05) is 66.7 Å². The van der Waals surface area contributed by atoms with E-state index in [0.717, 1.165) is 17.0 Å². The molecule has 0 amide bonds. The fourth-order valence-electron chi connectivity index (χ4n) is 2.33. The van der Waals surface area contributed by atoms with Crippen molar-refractivity contribution in [2.45, 2.75) is 0 Å². The van der Waals surface area contributed by atoms with Crippen LogP contribution in [0.3, 0.4) is 0 Å². The van der Waals surface area contributed by atoms with Crippen LogP contribution in [0, 0.1) is 0 Å². The molecule has 3 aromatic rings. The molecule has 0 aromatic heterocycles. The number of benzene rings is 3. The quantitative estimate of drug-likeness (QED) is 0.506. The second-order valence-corrected chi connectivity index (χ2v) is 5.28. The molecule has 0 aliphatic heterocycles. The summed E-state index contributed by atoms with van der Waals surface area (Å²) >= 11 is 0. The Bertz CT molecular complexity index is 853. The van der Waals surface area contributed by atoms with Crippen molar-refractivity contribution in [2.24, 2.45) is 4.99 Å². The molecule has 0 saturated carbocycles. The number of carbonyl (C=O) groups excluding carboxylic acids is 1. The van der Waals surface area contributed by atoms with Crippen molar-refractivity contribution in [3.63, 3.8) is 0 Å². The molecular weight excluding hydrogens is 298 g/mol. The van der Waals surface area contributed by atoms with E-state index in [-0.39, 0.29) is 5.78 Å². The molecule has 3 heteroatoms. The van der Waals surface area contributed by atoms with Crippen LogP contribution in [0.1, 0.15) is 21.5 Å². The Labute approximate surface area is 141 Å². The smallest absolute Gasteiger partial charge is 0.193 e. The molecule has 0 unspecified atom stereocenters. The molecule has 0 radical (unpaired) electrons. The monoisotopic (exact) mass is 315 g/mol. The standard InChI is InChI=1S/C21H17NO2/c1-24-20-9-5-6-16(14-20)15-22-19-12-10-18(11-13-19)21(23)17-7-3-2-4-8-17/h2-15H,1H3. The number of hydrogen-bond donors (Lipinski definition) is 0. The Hall–Kier alpha value is -3.20. The zero-order valence-corrected chi connectivity index (χ0v) is 13.3. The Morgan fingerprint density at radius 2 is 1.58 bits per heavy atom. The second kappa shape index (κ2) is 7.38. The minimum absolute atomic E-state index is 0.0129. The molecular formula is C21H17NO2. The highest BCUT2D eigenvalue weighted by Gasteiger charge is 2.07. The van der Waals surface area contributed by atoms with Gasteiger partial charge >= 0.3 is 0 Å². The van der Waals surface area contributed by atoms with E-state index in [1.54, 1.807) is 25.5 Å². The summed E-state index contributed by atoms with van der Waals surface area (Å²) in [6.07, 6.45) is 1.77. The number of hydrogen-bond acceptors (Lipinski definition) is 3. The van der Waals surface area contributed by atoms with E-state index in [9.17, 15) is 4.79 Å². The summed E-state index contributed by atoms with van der Waals surface area (Å²) in [5.41, 5.74) is 3.09. The number of ether oxygens (including phenoxy) is 1. The maximum atomic E-state index is 12.4. The number of carbonyl (C=O) groups is 1. The van der Waals surface area contributed by atoms with Crippen LogP contribution in [0.5, 0.6) is 5.75 Å². The van der Waals surface area contributed by atoms with Crippen LogP contribution >= 0.6 is 0 Å². The highest BCUT2D eigenvalue weighted by molar-refractivity contribution is 6.09. The summed E-state index contributed by atoms with van der Waals surface area (Å²) in [5, 5.41) is 0. The first-order valence-electron chi connectivity index (χ1n) is 7.64. The van der Waals surface area contributed by atoms with Crippen LogP contribution in [-0.4, -0.2) is 19.1 Å². The van der Waals surface area contributed by atoms with Gasteiger partial charge in [0.15, 0.2) is 5.78 Å². The molecule has 24 heavy (non-hydrogen) atoms. The van der Waals surface area contributed by atoms with Gasteiger partial charge in [-0.15, -0.1) is 0 Å². The minimum Gasteiger partial charge on any atom is -0.497 e. The summed E-state index contributed by atoms with van der Waals surface area (Å²) in [6, 6.07) is 24.2. The van der Waals surface area contributed by atoms with Crippen molar-refractivity contribution >= 4 is 17.7 Å². The zero-order chi connectivity index (χ0) is 16.8. The Morgan fingerprint density at radius 3 is 2.29 bits per heavy atom. The van der Waals surface area contributed by atoms with Crippen molar-refractivity contribution in [1.82, 2.24) is 0 Å². The number of ketones is 1. The van der Waals surface area contributed by atoms with Gasteiger partial charge in [0, 0.05) is 17.3 Å². The van der Waals surface area contributed by atoms with Crippen LogP contribution in [0.15, 0.2) is 83.9 Å². The molecule has 0 fully saturated rings. The van der Waals surface area contributed by atoms with Crippen LogP contribution in [0.25, 0.3) is 0 Å². The summed E-state index contributed by atoms with van der Waals surface area (Å²) < 4.78 is 5.19. The van der Waals surface area contributed by atoms with E-state index in [4.69, 9.17) is 4.74 Å². The molecule has 0 heterocycles. The van der Waals surface area contributed by atoms with E-state index < -0.39 is 0 Å². The average molecular weight is 315 g/mol. The average Bonchev–Trinajstić information content (AvgIpc) is 2.67. The third-order valence-corrected chi connectivity index (χ3v) is 3.62. The van der Waals surface area contributed by atoms with E-state index >= 15 is 0 Å². The summed E-state index contributed by atoms with van der Waals surface area (Å²) in [5.74, 6) is 0.807. The molecule has 3 aromatic carbocycles. The van der Waals surface area contributed by atoms with E-state index in [2.05, 4.69) is 4.99 Å². The molecule has 0 spiro atoms. The topological polar surface area (TPSA) is 38.7 Å². The Balaban J connectivity index is 1.75. The molecule has 0 aliphatic carbocycles.